The van der Waals surface area contributed by atoms with Gasteiger partial charge in [0.15, 0.2) is 0 Å². The first-order valence-corrected chi connectivity index (χ1v) is 11.7. The smallest absolute Gasteiger partial charge is 0.391 e. The Bertz CT molecular complexity index is 1350. The Morgan fingerprint density at radius 3 is 2.62 bits per heavy atom. The summed E-state index contributed by atoms with van der Waals surface area (Å²) in [5, 5.41) is 6.49. The lowest BCUT2D eigenvalue weighted by atomic mass is 9.87. The fraction of sp³-hybridized carbons (Fsp3) is 0.333. The van der Waals surface area contributed by atoms with Crippen LogP contribution in [-0.4, -0.2) is 36.6 Å². The molecule has 2 atom stereocenters. The first-order valence-electron chi connectivity index (χ1n) is 9.86. The molecule has 0 bridgehead atoms. The summed E-state index contributed by atoms with van der Waals surface area (Å²) < 4.78 is 48.7. The number of halogens is 2. The van der Waals surface area contributed by atoms with Crippen molar-refractivity contribution in [3.63, 3.8) is 0 Å². The topological polar surface area (TPSA) is 99.5 Å². The summed E-state index contributed by atoms with van der Waals surface area (Å²) >= 11 is 6.07. The second-order valence-electron chi connectivity index (χ2n) is 7.93. The Balaban J connectivity index is 1.92. The number of nitrogens with one attached hydrogen (secondary N) is 1. The van der Waals surface area contributed by atoms with Crippen molar-refractivity contribution in [2.75, 3.05) is 18.6 Å². The van der Waals surface area contributed by atoms with Crippen molar-refractivity contribution in [3.8, 4) is 0 Å². The van der Waals surface area contributed by atoms with Crippen molar-refractivity contribution >= 4 is 27.3 Å². The number of rotatable bonds is 4. The highest BCUT2D eigenvalue weighted by atomic mass is 35.5. The van der Waals surface area contributed by atoms with Crippen LogP contribution in [0.15, 0.2) is 44.4 Å². The lowest BCUT2D eigenvalue weighted by Crippen LogP contribution is -2.48. The van der Waals surface area contributed by atoms with Gasteiger partial charge in [-0.15, -0.1) is 5.10 Å². The van der Waals surface area contributed by atoms with Crippen molar-refractivity contribution in [3.05, 3.63) is 74.3 Å². The lowest BCUT2D eigenvalue weighted by molar-refractivity contribution is 0.237. The van der Waals surface area contributed by atoms with Gasteiger partial charge in [0.05, 0.1) is 12.4 Å². The number of hydrogen-bond acceptors (Lipinski definition) is 6. The second kappa shape index (κ2) is 8.02. The van der Waals surface area contributed by atoms with Gasteiger partial charge in [0, 0.05) is 18.0 Å². The van der Waals surface area contributed by atoms with Gasteiger partial charge in [-0.3, -0.25) is 0 Å². The van der Waals surface area contributed by atoms with E-state index >= 15 is 0 Å². The Morgan fingerprint density at radius 1 is 1.25 bits per heavy atom. The highest BCUT2D eigenvalue weighted by Crippen LogP contribution is 2.44. The maximum atomic E-state index is 15.0. The minimum Gasteiger partial charge on any atom is -0.391 e. The van der Waals surface area contributed by atoms with Crippen LogP contribution in [0.4, 0.5) is 10.1 Å². The van der Waals surface area contributed by atoms with Crippen molar-refractivity contribution in [1.82, 2.24) is 14.5 Å². The molecule has 0 saturated carbocycles. The van der Waals surface area contributed by atoms with E-state index in [0.29, 0.717) is 21.8 Å². The van der Waals surface area contributed by atoms with Crippen LogP contribution in [0.1, 0.15) is 41.5 Å². The van der Waals surface area contributed by atoms with Crippen LogP contribution in [0, 0.1) is 19.7 Å². The van der Waals surface area contributed by atoms with E-state index in [2.05, 4.69) is 10.2 Å². The fourth-order valence-corrected chi connectivity index (χ4v) is 6.24. The predicted molar refractivity (Wildman–Crippen MR) is 118 cm³/mol. The summed E-state index contributed by atoms with van der Waals surface area (Å²) in [5.74, 6) is -2.16. The minimum absolute atomic E-state index is 0.0483. The van der Waals surface area contributed by atoms with Crippen LogP contribution in [0.2, 0.25) is 5.02 Å². The van der Waals surface area contributed by atoms with Crippen LogP contribution >= 0.6 is 11.6 Å². The molecule has 8 nitrogen and oxygen atoms in total. The summed E-state index contributed by atoms with van der Waals surface area (Å²) in [7, 11) is -2.34. The molecule has 1 N–H and O–H groups in total. The number of H-pyrrole nitrogens is 1. The van der Waals surface area contributed by atoms with E-state index in [1.165, 1.54) is 22.5 Å². The molecular formula is C21H22ClFN4O4S. The largest absolute Gasteiger partial charge is 0.434 e. The van der Waals surface area contributed by atoms with Crippen molar-refractivity contribution in [2.45, 2.75) is 37.6 Å². The number of aromatic nitrogens is 2. The zero-order valence-corrected chi connectivity index (χ0v) is 19.5. The molecule has 1 aromatic heterocycles. The molecule has 0 fully saturated rings. The number of aromatic amines is 1. The van der Waals surface area contributed by atoms with E-state index in [4.69, 9.17) is 16.0 Å². The quantitative estimate of drug-likeness (QED) is 0.611. The zero-order valence-electron chi connectivity index (χ0n) is 17.9. The van der Waals surface area contributed by atoms with E-state index < -0.39 is 33.6 Å². The third-order valence-corrected chi connectivity index (χ3v) is 8.05. The SMILES string of the molecule is Cc1ccc(F)c(C(C)[C@@H](c2n[nH]c(=O)o2)N2CN(C)c3cc(Cl)ccc3S2(=O)=O)c1C. The van der Waals surface area contributed by atoms with Crippen LogP contribution in [0.3, 0.4) is 0 Å². The molecule has 170 valence electrons. The molecule has 4 rings (SSSR count). The summed E-state index contributed by atoms with van der Waals surface area (Å²) in [6.07, 6.45) is 0. The fourth-order valence-electron chi connectivity index (χ4n) is 4.21. The van der Waals surface area contributed by atoms with Crippen LogP contribution in [0.5, 0.6) is 0 Å². The number of fused-ring (bicyclic) bond motifs is 1. The highest BCUT2D eigenvalue weighted by molar-refractivity contribution is 7.89. The molecule has 3 aromatic rings. The van der Waals surface area contributed by atoms with Crippen LogP contribution < -0.4 is 10.7 Å². The Labute approximate surface area is 189 Å². The highest BCUT2D eigenvalue weighted by Gasteiger charge is 2.44. The molecule has 32 heavy (non-hydrogen) atoms. The van der Waals surface area contributed by atoms with Crippen molar-refractivity contribution < 1.29 is 17.2 Å². The molecule has 0 saturated heterocycles. The van der Waals surface area contributed by atoms with Gasteiger partial charge in [-0.2, -0.15) is 4.31 Å². The Hall–Kier alpha value is -2.69. The first-order chi connectivity index (χ1) is 15.0. The van der Waals surface area contributed by atoms with Gasteiger partial charge in [0.25, 0.3) is 0 Å². The summed E-state index contributed by atoms with van der Waals surface area (Å²) in [6, 6.07) is 6.42. The summed E-state index contributed by atoms with van der Waals surface area (Å²) in [5.41, 5.74) is 2.33. The van der Waals surface area contributed by atoms with Crippen LogP contribution in [-0.2, 0) is 10.0 Å². The van der Waals surface area contributed by atoms with Gasteiger partial charge >= 0.3 is 5.76 Å². The average Bonchev–Trinajstić information content (AvgIpc) is 3.15. The minimum atomic E-state index is -4.06. The Kier molecular flexibility index (Phi) is 5.64. The monoisotopic (exact) mass is 480 g/mol. The number of hydrogen-bond donors (Lipinski definition) is 1. The number of nitrogens with zero attached hydrogens (tertiary/aromatic N) is 3. The van der Waals surface area contributed by atoms with Gasteiger partial charge in [-0.1, -0.05) is 24.6 Å². The van der Waals surface area contributed by atoms with E-state index in [1.54, 1.807) is 37.9 Å². The molecule has 0 spiro atoms. The lowest BCUT2D eigenvalue weighted by Gasteiger charge is -2.40. The molecule has 0 amide bonds. The maximum absolute atomic E-state index is 15.0. The van der Waals surface area contributed by atoms with E-state index in [9.17, 15) is 17.6 Å². The molecule has 2 aromatic carbocycles. The average molecular weight is 481 g/mol. The van der Waals surface area contributed by atoms with Gasteiger partial charge in [-0.05, 0) is 54.8 Å². The molecule has 2 heterocycles. The summed E-state index contributed by atoms with van der Waals surface area (Å²) in [4.78, 5) is 13.5. The standard InChI is InChI=1S/C21H22ClFN4O4S/c1-11-5-7-15(23)18(12(11)2)13(3)19(20-24-25-21(28)31-20)27-10-26(4)16-9-14(22)6-8-17(16)32(27,29)30/h5-9,13,19H,10H2,1-4H3,(H,25,28)/t13?,19-/m0/s1. The molecule has 0 aliphatic carbocycles. The van der Waals surface area contributed by atoms with E-state index in [0.717, 1.165) is 5.56 Å². The molecule has 1 unspecified atom stereocenters. The number of anilines is 1. The number of sulfonamides is 1. The third-order valence-electron chi connectivity index (χ3n) is 5.95. The number of benzene rings is 2. The third kappa shape index (κ3) is 3.62. The van der Waals surface area contributed by atoms with E-state index in [-0.39, 0.29) is 17.5 Å². The molecule has 0 radical (unpaired) electrons. The Morgan fingerprint density at radius 2 is 1.97 bits per heavy atom. The summed E-state index contributed by atoms with van der Waals surface area (Å²) in [6.45, 7) is 5.24. The first kappa shape index (κ1) is 22.5. The second-order valence-corrected chi connectivity index (χ2v) is 10.2. The van der Waals surface area contributed by atoms with Gasteiger partial charge in [-0.25, -0.2) is 22.7 Å². The molecule has 1 aliphatic rings. The normalized spacial score (nSPS) is 17.8. The van der Waals surface area contributed by atoms with Crippen LogP contribution in [0.25, 0.3) is 0 Å². The maximum Gasteiger partial charge on any atom is 0.434 e. The number of aryl methyl sites for hydroxylation is 1. The van der Waals surface area contributed by atoms with E-state index in [1.807, 2.05) is 6.92 Å². The molecule has 1 aliphatic heterocycles. The predicted octanol–water partition coefficient (Wildman–Crippen LogP) is 3.72. The molecular weight excluding hydrogens is 459 g/mol. The van der Waals surface area contributed by atoms with Gasteiger partial charge < -0.3 is 9.32 Å². The van der Waals surface area contributed by atoms with Crippen molar-refractivity contribution in [1.29, 1.82) is 0 Å². The van der Waals surface area contributed by atoms with Gasteiger partial charge in [0.1, 0.15) is 16.8 Å². The molecule has 11 heteroatoms. The van der Waals surface area contributed by atoms with Gasteiger partial charge in [0.2, 0.25) is 15.9 Å². The zero-order chi connectivity index (χ0) is 23.4. The van der Waals surface area contributed by atoms with Crippen molar-refractivity contribution in [2.24, 2.45) is 0 Å².